The highest BCUT2D eigenvalue weighted by Gasteiger charge is 2.38. The van der Waals surface area contributed by atoms with E-state index in [9.17, 15) is 0 Å². The van der Waals surface area contributed by atoms with Crippen molar-refractivity contribution >= 4 is 41.7 Å². The summed E-state index contributed by atoms with van der Waals surface area (Å²) in [5.74, 6) is 4.11. The van der Waals surface area contributed by atoms with Crippen molar-refractivity contribution in [2.24, 2.45) is 4.99 Å². The highest BCUT2D eigenvalue weighted by Crippen LogP contribution is 2.43. The average Bonchev–Trinajstić information content (AvgIpc) is 2.74. The minimum atomic E-state index is 0. The summed E-state index contributed by atoms with van der Waals surface area (Å²) in [7, 11) is 6.78. The summed E-state index contributed by atoms with van der Waals surface area (Å²) in [6.45, 7) is 2.74. The van der Waals surface area contributed by atoms with E-state index in [4.69, 9.17) is 14.2 Å². The van der Waals surface area contributed by atoms with Crippen LogP contribution < -0.4 is 19.5 Å². The van der Waals surface area contributed by atoms with Crippen LogP contribution in [0.15, 0.2) is 17.1 Å². The van der Waals surface area contributed by atoms with Gasteiger partial charge < -0.3 is 24.4 Å². The number of hydrogen-bond acceptors (Lipinski definition) is 5. The zero-order valence-corrected chi connectivity index (χ0v) is 21.1. The van der Waals surface area contributed by atoms with E-state index in [1.54, 1.807) is 21.3 Å². The van der Waals surface area contributed by atoms with E-state index in [1.807, 2.05) is 19.2 Å². The number of halogens is 1. The normalized spacial score (nSPS) is 18.8. The Morgan fingerprint density at radius 2 is 1.83 bits per heavy atom. The summed E-state index contributed by atoms with van der Waals surface area (Å²) < 4.78 is 16.9. The number of hydrogen-bond donors (Lipinski definition) is 1. The van der Waals surface area contributed by atoms with Crippen LogP contribution in [-0.4, -0.2) is 62.8 Å². The van der Waals surface area contributed by atoms with Crippen LogP contribution in [0.2, 0.25) is 0 Å². The molecule has 2 fully saturated rings. The summed E-state index contributed by atoms with van der Waals surface area (Å²) >= 11 is 2.17. The molecule has 0 radical (unpaired) electrons. The van der Waals surface area contributed by atoms with Gasteiger partial charge in [0, 0.05) is 42.7 Å². The molecular weight excluding hydrogens is 501 g/mol. The summed E-state index contributed by atoms with van der Waals surface area (Å²) in [6.07, 6.45) is 6.75. The minimum Gasteiger partial charge on any atom is -0.493 e. The molecule has 0 unspecified atom stereocenters. The van der Waals surface area contributed by atoms with Crippen LogP contribution in [-0.2, 0) is 6.54 Å². The third-order valence-corrected chi connectivity index (χ3v) is 7.28. The van der Waals surface area contributed by atoms with Gasteiger partial charge >= 0.3 is 0 Å². The summed E-state index contributed by atoms with van der Waals surface area (Å²) in [4.78, 5) is 6.99. The second kappa shape index (κ2) is 11.4. The first-order valence-corrected chi connectivity index (χ1v) is 11.0. The van der Waals surface area contributed by atoms with Gasteiger partial charge in [-0.15, -0.1) is 24.0 Å². The number of guanidine groups is 1. The van der Waals surface area contributed by atoms with Gasteiger partial charge in [0.25, 0.3) is 0 Å². The van der Waals surface area contributed by atoms with Gasteiger partial charge in [-0.2, -0.15) is 11.8 Å². The van der Waals surface area contributed by atoms with E-state index >= 15 is 0 Å². The summed E-state index contributed by atoms with van der Waals surface area (Å²) in [5, 5.41) is 3.53. The van der Waals surface area contributed by atoms with Crippen molar-refractivity contribution in [2.45, 2.75) is 43.4 Å². The molecule has 1 aromatic rings. The van der Waals surface area contributed by atoms with Crippen LogP contribution in [0, 0.1) is 0 Å². The van der Waals surface area contributed by atoms with Gasteiger partial charge in [0.15, 0.2) is 17.5 Å². The molecule has 1 saturated heterocycles. The molecule has 1 N–H and O–H groups in total. The first-order chi connectivity index (χ1) is 13.7. The molecule has 1 aliphatic carbocycles. The number of ether oxygens (including phenoxy) is 3. The van der Waals surface area contributed by atoms with Crippen molar-refractivity contribution in [3.63, 3.8) is 0 Å². The number of nitrogens with one attached hydrogen (secondary N) is 1. The smallest absolute Gasteiger partial charge is 0.203 e. The Kier molecular flexibility index (Phi) is 9.52. The molecule has 0 aromatic heterocycles. The second-order valence-corrected chi connectivity index (χ2v) is 8.97. The van der Waals surface area contributed by atoms with Crippen molar-refractivity contribution < 1.29 is 14.2 Å². The molecule has 1 saturated carbocycles. The number of rotatable bonds is 5. The maximum atomic E-state index is 5.61. The molecule has 0 bridgehead atoms. The number of methoxy groups -OCH3 is 3. The third kappa shape index (κ3) is 5.57. The SMILES string of the molecule is CN=C(NCc1ccc(OC)c(OC)c1OC)N1CCSC2(CCCCC2)C1.I. The molecule has 164 valence electrons. The first-order valence-electron chi connectivity index (χ1n) is 10.0. The molecular formula is C21H34IN3O3S. The Hall–Kier alpha value is -1.03. The zero-order valence-electron chi connectivity index (χ0n) is 18.0. The van der Waals surface area contributed by atoms with E-state index < -0.39 is 0 Å². The topological polar surface area (TPSA) is 55.3 Å². The largest absolute Gasteiger partial charge is 0.493 e. The fourth-order valence-corrected chi connectivity index (χ4v) is 5.90. The standard InChI is InChI=1S/C21H33N3O3S.HI/c1-22-20(24-12-13-28-21(15-24)10-6-5-7-11-21)23-14-16-8-9-17(25-2)19(27-4)18(16)26-3;/h8-9H,5-7,10-15H2,1-4H3,(H,22,23);1H. The van der Waals surface area contributed by atoms with E-state index in [2.05, 4.69) is 27.0 Å². The van der Waals surface area contributed by atoms with E-state index in [0.717, 1.165) is 24.6 Å². The van der Waals surface area contributed by atoms with E-state index in [1.165, 1.54) is 37.9 Å². The predicted octanol–water partition coefficient (Wildman–Crippen LogP) is 4.16. The van der Waals surface area contributed by atoms with Crippen molar-refractivity contribution in [2.75, 3.05) is 47.2 Å². The van der Waals surface area contributed by atoms with Gasteiger partial charge in [-0.3, -0.25) is 4.99 Å². The van der Waals surface area contributed by atoms with Gasteiger partial charge in [0.05, 0.1) is 21.3 Å². The van der Waals surface area contributed by atoms with Crippen LogP contribution in [0.4, 0.5) is 0 Å². The maximum Gasteiger partial charge on any atom is 0.203 e. The Morgan fingerprint density at radius 1 is 1.10 bits per heavy atom. The van der Waals surface area contributed by atoms with Crippen LogP contribution >= 0.6 is 35.7 Å². The molecule has 0 atom stereocenters. The first kappa shape index (κ1) is 24.2. The van der Waals surface area contributed by atoms with Crippen molar-refractivity contribution in [3.05, 3.63) is 17.7 Å². The van der Waals surface area contributed by atoms with E-state index in [0.29, 0.717) is 28.5 Å². The van der Waals surface area contributed by atoms with E-state index in [-0.39, 0.29) is 24.0 Å². The minimum absolute atomic E-state index is 0. The third-order valence-electron chi connectivity index (χ3n) is 5.75. The lowest BCUT2D eigenvalue weighted by atomic mass is 9.87. The number of aliphatic imine (C=N–C) groups is 1. The fraction of sp³-hybridized carbons (Fsp3) is 0.667. The van der Waals surface area contributed by atoms with Gasteiger partial charge in [-0.05, 0) is 25.0 Å². The lowest BCUT2D eigenvalue weighted by molar-refractivity contribution is 0.293. The Bertz CT molecular complexity index is 690. The maximum absolute atomic E-state index is 5.61. The summed E-state index contributed by atoms with van der Waals surface area (Å²) in [5.41, 5.74) is 1.01. The van der Waals surface area contributed by atoms with Gasteiger partial charge in [-0.25, -0.2) is 0 Å². The molecule has 29 heavy (non-hydrogen) atoms. The lowest BCUT2D eigenvalue weighted by Crippen LogP contribution is -2.53. The van der Waals surface area contributed by atoms with Crippen LogP contribution in [0.5, 0.6) is 17.2 Å². The van der Waals surface area contributed by atoms with Crippen LogP contribution in [0.1, 0.15) is 37.7 Å². The predicted molar refractivity (Wildman–Crippen MR) is 132 cm³/mol. The van der Waals surface area contributed by atoms with Crippen molar-refractivity contribution in [3.8, 4) is 17.2 Å². The van der Waals surface area contributed by atoms with Crippen molar-refractivity contribution in [1.82, 2.24) is 10.2 Å². The molecule has 1 aliphatic heterocycles. The fourth-order valence-electron chi connectivity index (χ4n) is 4.33. The molecule has 1 heterocycles. The second-order valence-electron chi connectivity index (χ2n) is 7.41. The molecule has 2 aliphatic rings. The molecule has 8 heteroatoms. The lowest BCUT2D eigenvalue weighted by Gasteiger charge is -2.45. The quantitative estimate of drug-likeness (QED) is 0.347. The monoisotopic (exact) mass is 535 g/mol. The Morgan fingerprint density at radius 3 is 2.45 bits per heavy atom. The zero-order chi connectivity index (χ0) is 20.0. The average molecular weight is 535 g/mol. The Labute approximate surface area is 196 Å². The molecule has 3 rings (SSSR count). The highest BCUT2D eigenvalue weighted by molar-refractivity contribution is 14.0. The molecule has 1 spiro atoms. The number of benzene rings is 1. The number of nitrogens with zero attached hydrogens (tertiary/aromatic N) is 2. The molecule has 0 amide bonds. The molecule has 6 nitrogen and oxygen atoms in total. The molecule has 1 aromatic carbocycles. The van der Waals surface area contributed by atoms with Gasteiger partial charge in [0.1, 0.15) is 0 Å². The van der Waals surface area contributed by atoms with Gasteiger partial charge in [-0.1, -0.05) is 19.3 Å². The van der Waals surface area contributed by atoms with Crippen LogP contribution in [0.25, 0.3) is 0 Å². The van der Waals surface area contributed by atoms with Crippen LogP contribution in [0.3, 0.4) is 0 Å². The van der Waals surface area contributed by atoms with Crippen molar-refractivity contribution in [1.29, 1.82) is 0 Å². The van der Waals surface area contributed by atoms with Gasteiger partial charge in [0.2, 0.25) is 5.75 Å². The highest BCUT2D eigenvalue weighted by atomic mass is 127. The Balaban J connectivity index is 0.00000300. The summed E-state index contributed by atoms with van der Waals surface area (Å²) in [6, 6.07) is 3.92. The number of thioether (sulfide) groups is 1.